The second kappa shape index (κ2) is 5.31. The molecule has 0 amide bonds. The first-order valence-electron chi connectivity index (χ1n) is 6.90. The fraction of sp³-hybridized carbons (Fsp3) is 0.786. The van der Waals surface area contributed by atoms with E-state index in [9.17, 15) is 0 Å². The normalized spacial score (nSPS) is 18.2. The van der Waals surface area contributed by atoms with Crippen molar-refractivity contribution >= 4 is 5.95 Å². The summed E-state index contributed by atoms with van der Waals surface area (Å²) in [6.45, 7) is 4.43. The van der Waals surface area contributed by atoms with Crippen LogP contribution in [0.15, 0.2) is 6.20 Å². The Kier molecular flexibility index (Phi) is 3.95. The molecule has 1 aromatic heterocycles. The van der Waals surface area contributed by atoms with E-state index >= 15 is 0 Å². The van der Waals surface area contributed by atoms with E-state index in [2.05, 4.69) is 28.8 Å². The maximum absolute atomic E-state index is 4.43. The summed E-state index contributed by atoms with van der Waals surface area (Å²) in [5, 5.41) is 3.60. The van der Waals surface area contributed by atoms with Crippen molar-refractivity contribution in [2.45, 2.75) is 39.2 Å². The first-order valence-corrected chi connectivity index (χ1v) is 6.90. The van der Waals surface area contributed by atoms with E-state index in [1.807, 2.05) is 25.2 Å². The lowest BCUT2D eigenvalue weighted by molar-refractivity contribution is 0.313. The van der Waals surface area contributed by atoms with E-state index in [0.29, 0.717) is 5.41 Å². The molecular formula is C14H26N4. The van der Waals surface area contributed by atoms with Crippen LogP contribution in [0, 0.1) is 5.41 Å². The van der Waals surface area contributed by atoms with Crippen molar-refractivity contribution in [2.75, 3.05) is 25.5 Å². The number of aromatic nitrogens is 2. The van der Waals surface area contributed by atoms with Gasteiger partial charge in [0.05, 0.1) is 11.9 Å². The molecule has 1 heterocycles. The largest absolute Gasteiger partial charge is 0.348 e. The summed E-state index contributed by atoms with van der Waals surface area (Å²) >= 11 is 0. The third-order valence-corrected chi connectivity index (χ3v) is 4.13. The molecule has 4 nitrogen and oxygen atoms in total. The van der Waals surface area contributed by atoms with Gasteiger partial charge in [0, 0.05) is 34.2 Å². The molecule has 0 unspecified atom stereocenters. The Bertz CT molecular complexity index is 388. The lowest BCUT2D eigenvalue weighted by atomic mass is 9.89. The highest BCUT2D eigenvalue weighted by molar-refractivity contribution is 5.30. The van der Waals surface area contributed by atoms with Crippen LogP contribution in [0.3, 0.4) is 0 Å². The lowest BCUT2D eigenvalue weighted by Crippen LogP contribution is -2.29. The Balaban J connectivity index is 1.87. The number of rotatable bonds is 5. The van der Waals surface area contributed by atoms with Gasteiger partial charge in [-0.3, -0.25) is 0 Å². The van der Waals surface area contributed by atoms with Gasteiger partial charge >= 0.3 is 0 Å². The Labute approximate surface area is 110 Å². The third-order valence-electron chi connectivity index (χ3n) is 4.13. The molecule has 0 saturated heterocycles. The number of imidazole rings is 1. The zero-order valence-corrected chi connectivity index (χ0v) is 12.2. The summed E-state index contributed by atoms with van der Waals surface area (Å²) in [7, 11) is 6.13. The zero-order chi connectivity index (χ0) is 13.2. The van der Waals surface area contributed by atoms with Gasteiger partial charge in [-0.05, 0) is 18.3 Å². The molecule has 18 heavy (non-hydrogen) atoms. The minimum atomic E-state index is 0.517. The van der Waals surface area contributed by atoms with Crippen LogP contribution < -0.4 is 10.2 Å². The first kappa shape index (κ1) is 13.4. The summed E-state index contributed by atoms with van der Waals surface area (Å²) in [5.41, 5.74) is 1.77. The van der Waals surface area contributed by atoms with Crippen LogP contribution in [-0.4, -0.2) is 30.2 Å². The van der Waals surface area contributed by atoms with E-state index in [1.54, 1.807) is 0 Å². The first-order chi connectivity index (χ1) is 8.52. The monoisotopic (exact) mass is 250 g/mol. The second-order valence-corrected chi connectivity index (χ2v) is 6.12. The van der Waals surface area contributed by atoms with Gasteiger partial charge in [0.15, 0.2) is 0 Å². The SMILES string of the molecule is CN(C)c1ncc(CNCC2(C)CCCC2)n1C. The molecule has 102 valence electrons. The maximum atomic E-state index is 4.43. The predicted octanol–water partition coefficient (Wildman–Crippen LogP) is 2.16. The smallest absolute Gasteiger partial charge is 0.204 e. The Morgan fingerprint density at radius 2 is 2.06 bits per heavy atom. The Morgan fingerprint density at radius 3 is 2.61 bits per heavy atom. The Hall–Kier alpha value is -1.03. The number of anilines is 1. The molecule has 0 bridgehead atoms. The van der Waals surface area contributed by atoms with Gasteiger partial charge in [0.2, 0.25) is 5.95 Å². The van der Waals surface area contributed by atoms with Crippen molar-refractivity contribution in [3.63, 3.8) is 0 Å². The van der Waals surface area contributed by atoms with Gasteiger partial charge in [-0.2, -0.15) is 0 Å². The molecule has 1 aliphatic rings. The molecule has 2 rings (SSSR count). The molecule has 0 aliphatic heterocycles. The summed E-state index contributed by atoms with van der Waals surface area (Å²) in [6, 6.07) is 0. The maximum Gasteiger partial charge on any atom is 0.204 e. The van der Waals surface area contributed by atoms with Crippen molar-refractivity contribution in [3.8, 4) is 0 Å². The van der Waals surface area contributed by atoms with Gasteiger partial charge in [-0.25, -0.2) is 4.98 Å². The van der Waals surface area contributed by atoms with E-state index in [0.717, 1.165) is 19.0 Å². The minimum absolute atomic E-state index is 0.517. The van der Waals surface area contributed by atoms with Crippen LogP contribution in [0.2, 0.25) is 0 Å². The molecule has 1 aliphatic carbocycles. The average Bonchev–Trinajstić information content (AvgIpc) is 2.87. The van der Waals surface area contributed by atoms with Crippen molar-refractivity contribution in [3.05, 3.63) is 11.9 Å². The highest BCUT2D eigenvalue weighted by Crippen LogP contribution is 2.36. The minimum Gasteiger partial charge on any atom is -0.348 e. The summed E-state index contributed by atoms with van der Waals surface area (Å²) in [5.74, 6) is 1.01. The molecule has 0 radical (unpaired) electrons. The van der Waals surface area contributed by atoms with Crippen molar-refractivity contribution in [2.24, 2.45) is 12.5 Å². The topological polar surface area (TPSA) is 33.1 Å². The average molecular weight is 250 g/mol. The second-order valence-electron chi connectivity index (χ2n) is 6.12. The van der Waals surface area contributed by atoms with Gasteiger partial charge in [-0.1, -0.05) is 19.8 Å². The quantitative estimate of drug-likeness (QED) is 0.869. The molecular weight excluding hydrogens is 224 g/mol. The molecule has 4 heteroatoms. The van der Waals surface area contributed by atoms with E-state index in [-0.39, 0.29) is 0 Å². The fourth-order valence-corrected chi connectivity index (χ4v) is 2.91. The number of nitrogens with one attached hydrogen (secondary N) is 1. The van der Waals surface area contributed by atoms with Crippen LogP contribution in [-0.2, 0) is 13.6 Å². The van der Waals surface area contributed by atoms with Crippen LogP contribution in [0.5, 0.6) is 0 Å². The van der Waals surface area contributed by atoms with Crippen LogP contribution in [0.1, 0.15) is 38.3 Å². The molecule has 0 aromatic carbocycles. The van der Waals surface area contributed by atoms with Crippen LogP contribution in [0.25, 0.3) is 0 Å². The van der Waals surface area contributed by atoms with Gasteiger partial charge in [0.25, 0.3) is 0 Å². The highest BCUT2D eigenvalue weighted by atomic mass is 15.3. The molecule has 0 atom stereocenters. The third kappa shape index (κ3) is 2.86. The van der Waals surface area contributed by atoms with Crippen molar-refractivity contribution in [1.29, 1.82) is 0 Å². The molecule has 1 N–H and O–H groups in total. The molecule has 1 saturated carbocycles. The van der Waals surface area contributed by atoms with Gasteiger partial charge in [-0.15, -0.1) is 0 Å². The number of hydrogen-bond acceptors (Lipinski definition) is 3. The molecule has 1 aromatic rings. The fourth-order valence-electron chi connectivity index (χ4n) is 2.91. The summed E-state index contributed by atoms with van der Waals surface area (Å²) < 4.78 is 2.16. The lowest BCUT2D eigenvalue weighted by Gasteiger charge is -2.23. The van der Waals surface area contributed by atoms with E-state index < -0.39 is 0 Å². The van der Waals surface area contributed by atoms with Crippen LogP contribution in [0.4, 0.5) is 5.95 Å². The van der Waals surface area contributed by atoms with Gasteiger partial charge in [0.1, 0.15) is 0 Å². The summed E-state index contributed by atoms with van der Waals surface area (Å²) in [4.78, 5) is 6.48. The highest BCUT2D eigenvalue weighted by Gasteiger charge is 2.27. The summed E-state index contributed by atoms with van der Waals surface area (Å²) in [6.07, 6.45) is 7.51. The number of nitrogens with zero attached hydrogens (tertiary/aromatic N) is 3. The van der Waals surface area contributed by atoms with Crippen molar-refractivity contribution in [1.82, 2.24) is 14.9 Å². The Morgan fingerprint density at radius 1 is 1.39 bits per heavy atom. The molecule has 1 fully saturated rings. The van der Waals surface area contributed by atoms with Crippen molar-refractivity contribution < 1.29 is 0 Å². The van der Waals surface area contributed by atoms with E-state index in [4.69, 9.17) is 0 Å². The number of hydrogen-bond donors (Lipinski definition) is 1. The van der Waals surface area contributed by atoms with Gasteiger partial charge < -0.3 is 14.8 Å². The molecule has 0 spiro atoms. The van der Waals surface area contributed by atoms with Crippen LogP contribution >= 0.6 is 0 Å². The zero-order valence-electron chi connectivity index (χ0n) is 12.2. The van der Waals surface area contributed by atoms with E-state index in [1.165, 1.54) is 31.4 Å². The standard InChI is InChI=1S/C14H26N4/c1-14(7-5-6-8-14)11-15-9-12-10-16-13(17(2)3)18(12)4/h10,15H,5-9,11H2,1-4H3. The predicted molar refractivity (Wildman–Crippen MR) is 75.8 cm³/mol.